The van der Waals surface area contributed by atoms with Crippen LogP contribution < -0.4 is 5.32 Å². The minimum Gasteiger partial charge on any atom is -0.305 e. The molecule has 0 aromatic heterocycles. The summed E-state index contributed by atoms with van der Waals surface area (Å²) in [6.07, 6.45) is 2.41. The molecule has 1 unspecified atom stereocenters. The zero-order valence-electron chi connectivity index (χ0n) is 10.4. The largest absolute Gasteiger partial charge is 0.305 e. The average Bonchev–Trinajstić information content (AvgIpc) is 2.17. The molecule has 1 rings (SSSR count). The first-order chi connectivity index (χ1) is 7.03. The first-order valence-corrected chi connectivity index (χ1v) is 5.85. The van der Waals surface area contributed by atoms with Gasteiger partial charge in [-0.25, -0.2) is 0 Å². The van der Waals surface area contributed by atoms with E-state index in [1.165, 1.54) is 18.4 Å². The Morgan fingerprint density at radius 1 is 1.13 bits per heavy atom. The van der Waals surface area contributed by atoms with Gasteiger partial charge in [-0.2, -0.15) is 0 Å². The SMILES string of the molecule is CCCC(NC(C)(C)C)c1ccccc1. The van der Waals surface area contributed by atoms with E-state index in [0.29, 0.717) is 6.04 Å². The molecule has 0 heterocycles. The number of hydrogen-bond donors (Lipinski definition) is 1. The summed E-state index contributed by atoms with van der Waals surface area (Å²) in [5.74, 6) is 0. The highest BCUT2D eigenvalue weighted by Gasteiger charge is 2.17. The second-order valence-corrected chi connectivity index (χ2v) is 5.15. The first kappa shape index (κ1) is 12.3. The van der Waals surface area contributed by atoms with E-state index in [2.05, 4.69) is 63.3 Å². The van der Waals surface area contributed by atoms with Gasteiger partial charge >= 0.3 is 0 Å². The van der Waals surface area contributed by atoms with Crippen molar-refractivity contribution in [3.63, 3.8) is 0 Å². The molecule has 0 fully saturated rings. The monoisotopic (exact) mass is 205 g/mol. The van der Waals surface area contributed by atoms with Gasteiger partial charge in [-0.1, -0.05) is 43.7 Å². The Hall–Kier alpha value is -0.820. The van der Waals surface area contributed by atoms with E-state index in [1.54, 1.807) is 0 Å². The van der Waals surface area contributed by atoms with Crippen molar-refractivity contribution in [1.29, 1.82) is 0 Å². The number of nitrogens with one attached hydrogen (secondary N) is 1. The van der Waals surface area contributed by atoms with Crippen LogP contribution in [0.15, 0.2) is 30.3 Å². The molecule has 0 saturated carbocycles. The minimum absolute atomic E-state index is 0.176. The molecule has 1 heteroatoms. The molecular formula is C14H23N. The van der Waals surface area contributed by atoms with Crippen LogP contribution in [-0.2, 0) is 0 Å². The molecule has 0 aliphatic carbocycles. The van der Waals surface area contributed by atoms with Crippen molar-refractivity contribution in [2.75, 3.05) is 0 Å². The van der Waals surface area contributed by atoms with E-state index in [0.717, 1.165) is 0 Å². The van der Waals surface area contributed by atoms with Crippen LogP contribution in [0, 0.1) is 0 Å². The fourth-order valence-corrected chi connectivity index (χ4v) is 1.82. The zero-order chi connectivity index (χ0) is 11.3. The summed E-state index contributed by atoms with van der Waals surface area (Å²) in [6.45, 7) is 8.90. The second-order valence-electron chi connectivity index (χ2n) is 5.15. The smallest absolute Gasteiger partial charge is 0.0324 e. The Labute approximate surface area is 93.9 Å². The fraction of sp³-hybridized carbons (Fsp3) is 0.571. The van der Waals surface area contributed by atoms with E-state index >= 15 is 0 Å². The molecule has 1 nitrogen and oxygen atoms in total. The standard InChI is InChI=1S/C14H23N/c1-5-9-13(15-14(2,3)4)12-10-7-6-8-11-12/h6-8,10-11,13,15H,5,9H2,1-4H3. The summed E-state index contributed by atoms with van der Waals surface area (Å²) in [7, 11) is 0. The third kappa shape index (κ3) is 4.48. The Morgan fingerprint density at radius 3 is 2.20 bits per heavy atom. The lowest BCUT2D eigenvalue weighted by atomic mass is 9.98. The zero-order valence-corrected chi connectivity index (χ0v) is 10.4. The average molecular weight is 205 g/mol. The summed E-state index contributed by atoms with van der Waals surface area (Å²) in [5, 5.41) is 3.67. The summed E-state index contributed by atoms with van der Waals surface area (Å²) in [5.41, 5.74) is 1.57. The van der Waals surface area contributed by atoms with Crippen LogP contribution in [0.5, 0.6) is 0 Å². The lowest BCUT2D eigenvalue weighted by Crippen LogP contribution is -2.38. The molecule has 0 aliphatic rings. The Bertz CT molecular complexity index is 271. The molecule has 1 N–H and O–H groups in total. The van der Waals surface area contributed by atoms with Gasteiger partial charge < -0.3 is 5.32 Å². The molecule has 0 radical (unpaired) electrons. The van der Waals surface area contributed by atoms with Crippen molar-refractivity contribution in [1.82, 2.24) is 5.32 Å². The molecule has 0 amide bonds. The van der Waals surface area contributed by atoms with Crippen molar-refractivity contribution in [3.8, 4) is 0 Å². The molecule has 1 aromatic carbocycles. The molecule has 0 aliphatic heterocycles. The highest BCUT2D eigenvalue weighted by molar-refractivity contribution is 5.19. The molecule has 1 atom stereocenters. The Kier molecular flexibility index (Phi) is 4.34. The topological polar surface area (TPSA) is 12.0 Å². The molecule has 1 aromatic rings. The van der Waals surface area contributed by atoms with Crippen molar-refractivity contribution >= 4 is 0 Å². The second kappa shape index (κ2) is 5.32. The Morgan fingerprint density at radius 2 is 1.73 bits per heavy atom. The number of hydrogen-bond acceptors (Lipinski definition) is 1. The third-order valence-electron chi connectivity index (χ3n) is 2.39. The highest BCUT2D eigenvalue weighted by atomic mass is 15.0. The molecule has 0 spiro atoms. The van der Waals surface area contributed by atoms with Gasteiger partial charge in [-0.3, -0.25) is 0 Å². The van der Waals surface area contributed by atoms with E-state index < -0.39 is 0 Å². The first-order valence-electron chi connectivity index (χ1n) is 5.85. The van der Waals surface area contributed by atoms with E-state index in [9.17, 15) is 0 Å². The Balaban J connectivity index is 2.75. The van der Waals surface area contributed by atoms with Crippen LogP contribution in [0.4, 0.5) is 0 Å². The van der Waals surface area contributed by atoms with Crippen LogP contribution in [0.3, 0.4) is 0 Å². The maximum absolute atomic E-state index is 3.67. The van der Waals surface area contributed by atoms with E-state index in [-0.39, 0.29) is 5.54 Å². The molecule has 15 heavy (non-hydrogen) atoms. The van der Waals surface area contributed by atoms with E-state index in [1.807, 2.05) is 0 Å². The molecule has 84 valence electrons. The summed E-state index contributed by atoms with van der Waals surface area (Å²) in [4.78, 5) is 0. The predicted molar refractivity (Wildman–Crippen MR) is 67.0 cm³/mol. The number of benzene rings is 1. The number of rotatable bonds is 4. The summed E-state index contributed by atoms with van der Waals surface area (Å²) >= 11 is 0. The molecule has 0 bridgehead atoms. The summed E-state index contributed by atoms with van der Waals surface area (Å²) < 4.78 is 0. The van der Waals surface area contributed by atoms with Gasteiger partial charge in [0.1, 0.15) is 0 Å². The van der Waals surface area contributed by atoms with Gasteiger partial charge in [-0.15, -0.1) is 0 Å². The maximum atomic E-state index is 3.67. The summed E-state index contributed by atoms with van der Waals surface area (Å²) in [6, 6.07) is 11.2. The minimum atomic E-state index is 0.176. The van der Waals surface area contributed by atoms with Crippen LogP contribution in [0.1, 0.15) is 52.1 Å². The van der Waals surface area contributed by atoms with E-state index in [4.69, 9.17) is 0 Å². The quantitative estimate of drug-likeness (QED) is 0.785. The van der Waals surface area contributed by atoms with Crippen molar-refractivity contribution < 1.29 is 0 Å². The fourth-order valence-electron chi connectivity index (χ4n) is 1.82. The predicted octanol–water partition coefficient (Wildman–Crippen LogP) is 3.92. The van der Waals surface area contributed by atoms with Gasteiger partial charge in [0.05, 0.1) is 0 Å². The third-order valence-corrected chi connectivity index (χ3v) is 2.39. The van der Waals surface area contributed by atoms with Crippen LogP contribution in [-0.4, -0.2) is 5.54 Å². The van der Waals surface area contributed by atoms with Gasteiger partial charge in [0.15, 0.2) is 0 Å². The highest BCUT2D eigenvalue weighted by Crippen LogP contribution is 2.21. The van der Waals surface area contributed by atoms with Crippen molar-refractivity contribution in [2.24, 2.45) is 0 Å². The maximum Gasteiger partial charge on any atom is 0.0324 e. The van der Waals surface area contributed by atoms with Crippen LogP contribution >= 0.6 is 0 Å². The van der Waals surface area contributed by atoms with Gasteiger partial charge in [0.25, 0.3) is 0 Å². The van der Waals surface area contributed by atoms with Crippen molar-refractivity contribution in [3.05, 3.63) is 35.9 Å². The van der Waals surface area contributed by atoms with Crippen molar-refractivity contribution in [2.45, 2.75) is 52.1 Å². The van der Waals surface area contributed by atoms with Gasteiger partial charge in [0, 0.05) is 11.6 Å². The van der Waals surface area contributed by atoms with Gasteiger partial charge in [-0.05, 0) is 32.8 Å². The van der Waals surface area contributed by atoms with Crippen LogP contribution in [0.25, 0.3) is 0 Å². The normalized spacial score (nSPS) is 13.9. The van der Waals surface area contributed by atoms with Crippen LogP contribution in [0.2, 0.25) is 0 Å². The lowest BCUT2D eigenvalue weighted by molar-refractivity contribution is 0.349. The van der Waals surface area contributed by atoms with Gasteiger partial charge in [0.2, 0.25) is 0 Å². The molecular weight excluding hydrogens is 182 g/mol. The molecule has 0 saturated heterocycles. The lowest BCUT2D eigenvalue weighted by Gasteiger charge is -2.28.